The van der Waals surface area contributed by atoms with E-state index in [2.05, 4.69) is 0 Å². The molecule has 0 aliphatic rings. The molecule has 2 rings (SSSR count). The van der Waals surface area contributed by atoms with Crippen molar-refractivity contribution in [1.82, 2.24) is 0 Å². The van der Waals surface area contributed by atoms with E-state index in [0.29, 0.717) is 77.0 Å². The third kappa shape index (κ3) is 18.8. The van der Waals surface area contributed by atoms with Crippen molar-refractivity contribution in [1.29, 1.82) is 0 Å². The number of unbranched alkanes of at least 4 members (excludes halogenated alkanes) is 4. The summed E-state index contributed by atoms with van der Waals surface area (Å²) in [5, 5.41) is 74.4. The van der Waals surface area contributed by atoms with Crippen LogP contribution in [0.5, 0.6) is 0 Å². The molecule has 2 aromatic carbocycles. The normalized spacial score (nSPS) is 13.4. The fraction of sp³-hybridized carbons (Fsp3) is 0.600. The summed E-state index contributed by atoms with van der Waals surface area (Å²) < 4.78 is 21.7. The molecule has 0 saturated carbocycles. The Balaban J connectivity index is 2.42. The van der Waals surface area contributed by atoms with E-state index in [0.717, 1.165) is 0 Å². The zero-order chi connectivity index (χ0) is 41.3. The molecule has 0 fully saturated rings. The highest BCUT2D eigenvalue weighted by Crippen LogP contribution is 2.27. The molecular formula is C40H58O16. The Morgan fingerprint density at radius 1 is 0.375 bits per heavy atom. The Morgan fingerprint density at radius 2 is 0.589 bits per heavy atom. The summed E-state index contributed by atoms with van der Waals surface area (Å²) in [5.74, 6) is -3.13. The van der Waals surface area contributed by atoms with Gasteiger partial charge in [0.05, 0.1) is 99.5 Å². The zero-order valence-electron chi connectivity index (χ0n) is 31.8. The summed E-state index contributed by atoms with van der Waals surface area (Å²) in [4.78, 5) is 53.0. The predicted molar refractivity (Wildman–Crippen MR) is 201 cm³/mol. The molecule has 0 heterocycles. The number of esters is 4. The predicted octanol–water partition coefficient (Wildman–Crippen LogP) is 2.07. The Bertz CT molecular complexity index is 1270. The largest absolute Gasteiger partial charge is 0.462 e. The maximum absolute atomic E-state index is 13.2. The van der Waals surface area contributed by atoms with Crippen LogP contribution in [-0.4, -0.2) is 142 Å². The lowest BCUT2D eigenvalue weighted by Gasteiger charge is -2.14. The number of aliphatic hydroxyl groups is 8. The quantitative estimate of drug-likeness (QED) is 0.0333. The van der Waals surface area contributed by atoms with Gasteiger partial charge in [0.15, 0.2) is 0 Å². The molecule has 0 amide bonds. The average molecular weight is 795 g/mol. The Labute approximate surface area is 326 Å². The van der Waals surface area contributed by atoms with E-state index < -0.39 is 48.3 Å². The monoisotopic (exact) mass is 794 g/mol. The Kier molecular flexibility index (Phi) is 23.7. The van der Waals surface area contributed by atoms with E-state index in [1.165, 1.54) is 36.4 Å². The Morgan fingerprint density at radius 3 is 0.786 bits per heavy atom. The van der Waals surface area contributed by atoms with Crippen LogP contribution in [0.4, 0.5) is 0 Å². The van der Waals surface area contributed by atoms with Crippen LogP contribution in [0.25, 0.3) is 11.1 Å². The van der Waals surface area contributed by atoms with Gasteiger partial charge in [-0.05, 0) is 125 Å². The SMILES string of the molecule is O=C(OCCCCC(O)CO)c1cc(C(=O)OCCCCC(O)CO)cc(-c2cc(C(=O)OCCCCC(O)CO)cc(C(=O)OCCCC[C@@H](O)CO)c2)c1. The molecule has 0 aromatic heterocycles. The summed E-state index contributed by atoms with van der Waals surface area (Å²) in [7, 11) is 0. The van der Waals surface area contributed by atoms with Crippen molar-refractivity contribution in [2.45, 2.75) is 101 Å². The van der Waals surface area contributed by atoms with Crippen molar-refractivity contribution < 1.29 is 79.0 Å². The van der Waals surface area contributed by atoms with Gasteiger partial charge in [-0.15, -0.1) is 0 Å². The first-order valence-electron chi connectivity index (χ1n) is 19.1. The van der Waals surface area contributed by atoms with Crippen LogP contribution in [0, 0.1) is 0 Å². The fourth-order valence-electron chi connectivity index (χ4n) is 5.35. The summed E-state index contributed by atoms with van der Waals surface area (Å²) in [6, 6.07) is 8.25. The van der Waals surface area contributed by atoms with Crippen LogP contribution >= 0.6 is 0 Å². The minimum absolute atomic E-state index is 0.0179. The number of rotatable bonds is 29. The van der Waals surface area contributed by atoms with Crippen LogP contribution in [0.15, 0.2) is 36.4 Å². The number of aliphatic hydroxyl groups excluding tert-OH is 8. The molecule has 0 aliphatic carbocycles. The zero-order valence-corrected chi connectivity index (χ0v) is 31.8. The minimum atomic E-state index is -0.886. The molecule has 0 spiro atoms. The van der Waals surface area contributed by atoms with Crippen molar-refractivity contribution in [2.75, 3.05) is 52.9 Å². The summed E-state index contributed by atoms with van der Waals surface area (Å²) >= 11 is 0. The first-order valence-corrected chi connectivity index (χ1v) is 19.1. The molecule has 16 heteroatoms. The molecule has 8 N–H and O–H groups in total. The maximum Gasteiger partial charge on any atom is 0.338 e. The van der Waals surface area contributed by atoms with E-state index in [-0.39, 0.29) is 86.2 Å². The molecule has 0 radical (unpaired) electrons. The van der Waals surface area contributed by atoms with Crippen molar-refractivity contribution >= 4 is 23.9 Å². The lowest BCUT2D eigenvalue weighted by molar-refractivity contribution is 0.0463. The van der Waals surface area contributed by atoms with Gasteiger partial charge in [-0.2, -0.15) is 0 Å². The van der Waals surface area contributed by atoms with Crippen molar-refractivity contribution in [3.05, 3.63) is 58.7 Å². The smallest absolute Gasteiger partial charge is 0.338 e. The fourth-order valence-corrected chi connectivity index (χ4v) is 5.35. The molecule has 0 saturated heterocycles. The van der Waals surface area contributed by atoms with Gasteiger partial charge in [-0.1, -0.05) is 0 Å². The molecule has 314 valence electrons. The van der Waals surface area contributed by atoms with Gasteiger partial charge in [-0.25, -0.2) is 19.2 Å². The van der Waals surface area contributed by atoms with Crippen LogP contribution in [-0.2, 0) is 18.9 Å². The van der Waals surface area contributed by atoms with E-state index in [1.807, 2.05) is 0 Å². The van der Waals surface area contributed by atoms with Crippen LogP contribution in [0.2, 0.25) is 0 Å². The highest BCUT2D eigenvalue weighted by Gasteiger charge is 2.20. The first-order chi connectivity index (χ1) is 26.9. The minimum Gasteiger partial charge on any atom is -0.462 e. The van der Waals surface area contributed by atoms with Gasteiger partial charge in [0.1, 0.15) is 0 Å². The molecule has 16 nitrogen and oxygen atoms in total. The third-order valence-corrected chi connectivity index (χ3v) is 8.64. The highest BCUT2D eigenvalue weighted by molar-refractivity contribution is 6.00. The number of carbonyl (C=O) groups excluding carboxylic acids is 4. The van der Waals surface area contributed by atoms with Crippen LogP contribution in [0.1, 0.15) is 118 Å². The third-order valence-electron chi connectivity index (χ3n) is 8.64. The van der Waals surface area contributed by atoms with Gasteiger partial charge in [0.2, 0.25) is 0 Å². The van der Waals surface area contributed by atoms with Gasteiger partial charge >= 0.3 is 23.9 Å². The second kappa shape index (κ2) is 27.6. The van der Waals surface area contributed by atoms with Gasteiger partial charge in [0, 0.05) is 0 Å². The number of hydrogen-bond donors (Lipinski definition) is 8. The van der Waals surface area contributed by atoms with E-state index in [1.54, 1.807) is 0 Å². The summed E-state index contributed by atoms with van der Waals surface area (Å²) in [6.07, 6.45) is 1.13. The lowest BCUT2D eigenvalue weighted by atomic mass is 9.96. The maximum atomic E-state index is 13.2. The molecule has 3 unspecified atom stereocenters. The van der Waals surface area contributed by atoms with E-state index in [9.17, 15) is 39.6 Å². The molecule has 4 atom stereocenters. The second-order valence-electron chi connectivity index (χ2n) is 13.5. The van der Waals surface area contributed by atoms with Crippen LogP contribution in [0.3, 0.4) is 0 Å². The van der Waals surface area contributed by atoms with Crippen molar-refractivity contribution in [3.63, 3.8) is 0 Å². The standard InChI is InChI=1S/C40H58O16/c41-23-33(45)9-1-5-13-53-37(49)29-17-27(18-30(21-29)38(50)54-14-6-2-10-34(46)24-42)28-19-31(39(51)55-15-7-3-11-35(47)25-43)22-32(20-28)40(52)56-16-8-4-12-36(48)26-44/h17-22,33-36,41-48H,1-16,23-26H2/t33-,34?,35?,36?/m1/s1. The average Bonchev–Trinajstić information content (AvgIpc) is 3.21. The number of hydrogen-bond acceptors (Lipinski definition) is 16. The van der Waals surface area contributed by atoms with Gasteiger partial charge in [0.25, 0.3) is 0 Å². The van der Waals surface area contributed by atoms with Gasteiger partial charge < -0.3 is 59.8 Å². The van der Waals surface area contributed by atoms with E-state index >= 15 is 0 Å². The van der Waals surface area contributed by atoms with Crippen LogP contribution < -0.4 is 0 Å². The number of carbonyl (C=O) groups is 4. The number of ether oxygens (including phenoxy) is 4. The molecule has 2 aromatic rings. The topological polar surface area (TPSA) is 267 Å². The van der Waals surface area contributed by atoms with Crippen molar-refractivity contribution in [3.8, 4) is 11.1 Å². The first kappa shape index (κ1) is 48.1. The van der Waals surface area contributed by atoms with Crippen molar-refractivity contribution in [2.24, 2.45) is 0 Å². The summed E-state index contributed by atoms with van der Waals surface area (Å²) in [5.41, 5.74) is 0.323. The number of benzene rings is 2. The second-order valence-corrected chi connectivity index (χ2v) is 13.5. The Hall–Kier alpha value is -4.00. The van der Waals surface area contributed by atoms with Gasteiger partial charge in [-0.3, -0.25) is 0 Å². The van der Waals surface area contributed by atoms with E-state index in [4.69, 9.17) is 39.4 Å². The molecule has 0 bridgehead atoms. The highest BCUT2D eigenvalue weighted by atomic mass is 16.5. The summed E-state index contributed by atoms with van der Waals surface area (Å²) in [6.45, 7) is -1.62. The molecular weight excluding hydrogens is 736 g/mol. The molecule has 56 heavy (non-hydrogen) atoms. The molecule has 0 aliphatic heterocycles. The lowest BCUT2D eigenvalue weighted by Crippen LogP contribution is -2.14.